The van der Waals surface area contributed by atoms with Crippen LogP contribution in [0.25, 0.3) is 0 Å². The van der Waals surface area contributed by atoms with Gasteiger partial charge in [0.1, 0.15) is 5.75 Å². The van der Waals surface area contributed by atoms with Crippen molar-refractivity contribution in [1.82, 2.24) is 15.2 Å². The van der Waals surface area contributed by atoms with Gasteiger partial charge in [-0.05, 0) is 18.2 Å². The summed E-state index contributed by atoms with van der Waals surface area (Å²) in [7, 11) is 1.77. The number of hydrazone groups is 1. The Bertz CT molecular complexity index is 589. The van der Waals surface area contributed by atoms with Crippen molar-refractivity contribution in [2.45, 2.75) is 0 Å². The summed E-state index contributed by atoms with van der Waals surface area (Å²) >= 11 is 0. The van der Waals surface area contributed by atoms with Gasteiger partial charge in [-0.25, -0.2) is 5.43 Å². The van der Waals surface area contributed by atoms with Crippen molar-refractivity contribution in [2.75, 3.05) is 0 Å². The van der Waals surface area contributed by atoms with Gasteiger partial charge in [-0.1, -0.05) is 12.1 Å². The molecular formula is C12H12N4O2. The van der Waals surface area contributed by atoms with Crippen LogP contribution in [0.15, 0.2) is 41.6 Å². The van der Waals surface area contributed by atoms with Crippen LogP contribution >= 0.6 is 0 Å². The van der Waals surface area contributed by atoms with E-state index in [2.05, 4.69) is 15.6 Å². The Balaban J connectivity index is 2.03. The zero-order valence-electron chi connectivity index (χ0n) is 9.74. The van der Waals surface area contributed by atoms with E-state index in [1.165, 1.54) is 18.3 Å². The quantitative estimate of drug-likeness (QED) is 0.621. The number of nitrogens with zero attached hydrogens (tertiary/aromatic N) is 3. The third-order valence-corrected chi connectivity index (χ3v) is 2.37. The summed E-state index contributed by atoms with van der Waals surface area (Å²) in [6.45, 7) is 0. The van der Waals surface area contributed by atoms with Gasteiger partial charge in [-0.3, -0.25) is 9.48 Å². The first-order valence-corrected chi connectivity index (χ1v) is 5.28. The molecule has 6 nitrogen and oxygen atoms in total. The zero-order valence-corrected chi connectivity index (χ0v) is 9.74. The van der Waals surface area contributed by atoms with Crippen LogP contribution < -0.4 is 5.43 Å². The molecule has 0 radical (unpaired) electrons. The first-order valence-electron chi connectivity index (χ1n) is 5.28. The standard InChI is InChI=1S/C12H12N4O2/c1-16-9(6-7-14-16)8-13-15-12(18)10-4-2-3-5-11(10)17/h2-8,17H,1H3,(H,15,18)/b13-8+. The summed E-state index contributed by atoms with van der Waals surface area (Å²) in [6.07, 6.45) is 3.11. The maximum absolute atomic E-state index is 11.7. The molecule has 0 aliphatic rings. The van der Waals surface area contributed by atoms with Crippen molar-refractivity contribution >= 4 is 12.1 Å². The number of aromatic nitrogens is 2. The Kier molecular flexibility index (Phi) is 3.38. The highest BCUT2D eigenvalue weighted by atomic mass is 16.3. The molecule has 0 spiro atoms. The highest BCUT2D eigenvalue weighted by Gasteiger charge is 2.08. The van der Waals surface area contributed by atoms with Crippen LogP contribution in [0, 0.1) is 0 Å². The zero-order chi connectivity index (χ0) is 13.0. The van der Waals surface area contributed by atoms with Crippen LogP contribution in [0.2, 0.25) is 0 Å². The lowest BCUT2D eigenvalue weighted by Crippen LogP contribution is -2.17. The monoisotopic (exact) mass is 244 g/mol. The lowest BCUT2D eigenvalue weighted by molar-refractivity contribution is 0.0952. The lowest BCUT2D eigenvalue weighted by atomic mass is 10.2. The molecule has 1 aromatic carbocycles. The van der Waals surface area contributed by atoms with Gasteiger partial charge in [-0.2, -0.15) is 10.2 Å². The van der Waals surface area contributed by atoms with Crippen LogP contribution in [-0.2, 0) is 7.05 Å². The summed E-state index contributed by atoms with van der Waals surface area (Å²) < 4.78 is 1.62. The van der Waals surface area contributed by atoms with Gasteiger partial charge in [0.05, 0.1) is 17.5 Å². The molecule has 2 rings (SSSR count). The molecule has 92 valence electrons. The number of amides is 1. The number of carbonyl (C=O) groups excluding carboxylic acids is 1. The van der Waals surface area contributed by atoms with Crippen LogP contribution in [0.3, 0.4) is 0 Å². The second-order valence-corrected chi connectivity index (χ2v) is 3.60. The maximum atomic E-state index is 11.7. The Morgan fingerprint density at radius 2 is 2.22 bits per heavy atom. The molecule has 0 saturated carbocycles. The predicted octanol–water partition coefficient (Wildman–Crippen LogP) is 0.890. The van der Waals surface area contributed by atoms with Gasteiger partial charge in [0.15, 0.2) is 0 Å². The Morgan fingerprint density at radius 1 is 1.44 bits per heavy atom. The average Bonchev–Trinajstić information content (AvgIpc) is 2.75. The van der Waals surface area contributed by atoms with E-state index in [0.29, 0.717) is 0 Å². The molecule has 1 heterocycles. The van der Waals surface area contributed by atoms with E-state index in [9.17, 15) is 9.90 Å². The number of hydrogen-bond donors (Lipinski definition) is 2. The molecule has 6 heteroatoms. The van der Waals surface area contributed by atoms with E-state index in [0.717, 1.165) is 5.69 Å². The molecular weight excluding hydrogens is 232 g/mol. The van der Waals surface area contributed by atoms with Crippen LogP contribution in [0.1, 0.15) is 16.1 Å². The van der Waals surface area contributed by atoms with Crippen molar-refractivity contribution < 1.29 is 9.90 Å². The van der Waals surface area contributed by atoms with E-state index in [1.807, 2.05) is 0 Å². The van der Waals surface area contributed by atoms with Gasteiger partial charge in [0, 0.05) is 13.2 Å². The van der Waals surface area contributed by atoms with Gasteiger partial charge < -0.3 is 5.11 Å². The Hall–Kier alpha value is -2.63. The number of phenols is 1. The fourth-order valence-corrected chi connectivity index (χ4v) is 1.39. The van der Waals surface area contributed by atoms with Crippen molar-refractivity contribution in [3.8, 4) is 5.75 Å². The number of rotatable bonds is 3. The fourth-order valence-electron chi connectivity index (χ4n) is 1.39. The number of benzene rings is 1. The van der Waals surface area contributed by atoms with E-state index < -0.39 is 5.91 Å². The van der Waals surface area contributed by atoms with E-state index in [-0.39, 0.29) is 11.3 Å². The normalized spacial score (nSPS) is 10.7. The predicted molar refractivity (Wildman–Crippen MR) is 66.4 cm³/mol. The number of aryl methyl sites for hydroxylation is 1. The van der Waals surface area contributed by atoms with Crippen molar-refractivity contribution in [2.24, 2.45) is 12.1 Å². The first kappa shape index (κ1) is 11.8. The van der Waals surface area contributed by atoms with Crippen molar-refractivity contribution in [1.29, 1.82) is 0 Å². The van der Waals surface area contributed by atoms with E-state index in [4.69, 9.17) is 0 Å². The molecule has 0 atom stereocenters. The minimum atomic E-state index is -0.466. The first-order chi connectivity index (χ1) is 8.68. The minimum absolute atomic E-state index is 0.0780. The highest BCUT2D eigenvalue weighted by molar-refractivity contribution is 5.97. The molecule has 1 amide bonds. The van der Waals surface area contributed by atoms with E-state index in [1.54, 1.807) is 36.1 Å². The number of nitrogens with one attached hydrogen (secondary N) is 1. The van der Waals surface area contributed by atoms with Gasteiger partial charge in [0.25, 0.3) is 5.91 Å². The van der Waals surface area contributed by atoms with Crippen LogP contribution in [-0.4, -0.2) is 27.0 Å². The SMILES string of the molecule is Cn1nccc1/C=N/NC(=O)c1ccccc1O. The number of phenolic OH excluding ortho intramolecular Hbond substituents is 1. The van der Waals surface area contributed by atoms with Gasteiger partial charge >= 0.3 is 0 Å². The topological polar surface area (TPSA) is 79.5 Å². The summed E-state index contributed by atoms with van der Waals surface area (Å²) in [5.41, 5.74) is 3.27. The number of aromatic hydroxyl groups is 1. The molecule has 1 aromatic heterocycles. The Labute approximate surface area is 104 Å². The fraction of sp³-hybridized carbons (Fsp3) is 0.0833. The second-order valence-electron chi connectivity index (χ2n) is 3.60. The average molecular weight is 244 g/mol. The second kappa shape index (κ2) is 5.13. The number of para-hydroxylation sites is 1. The molecule has 0 aliphatic carbocycles. The Morgan fingerprint density at radius 3 is 2.89 bits per heavy atom. The summed E-state index contributed by atoms with van der Waals surface area (Å²) in [5, 5.41) is 17.2. The lowest BCUT2D eigenvalue weighted by Gasteiger charge is -2.01. The van der Waals surface area contributed by atoms with Crippen LogP contribution in [0.4, 0.5) is 0 Å². The maximum Gasteiger partial charge on any atom is 0.275 e. The van der Waals surface area contributed by atoms with Gasteiger partial charge in [-0.15, -0.1) is 0 Å². The van der Waals surface area contributed by atoms with Crippen molar-refractivity contribution in [3.05, 3.63) is 47.8 Å². The summed E-state index contributed by atoms with van der Waals surface area (Å²) in [4.78, 5) is 11.7. The minimum Gasteiger partial charge on any atom is -0.507 e. The molecule has 2 aromatic rings. The molecule has 0 bridgehead atoms. The van der Waals surface area contributed by atoms with Gasteiger partial charge in [0.2, 0.25) is 0 Å². The molecule has 0 fully saturated rings. The summed E-state index contributed by atoms with van der Waals surface area (Å²) in [6, 6.07) is 8.03. The molecule has 0 saturated heterocycles. The van der Waals surface area contributed by atoms with Crippen LogP contribution in [0.5, 0.6) is 5.75 Å². The largest absolute Gasteiger partial charge is 0.507 e. The third-order valence-electron chi connectivity index (χ3n) is 2.37. The molecule has 18 heavy (non-hydrogen) atoms. The molecule has 2 N–H and O–H groups in total. The summed E-state index contributed by atoms with van der Waals surface area (Å²) in [5.74, 6) is -0.544. The highest BCUT2D eigenvalue weighted by Crippen LogP contribution is 2.14. The number of hydrogen-bond acceptors (Lipinski definition) is 4. The molecule has 0 unspecified atom stereocenters. The smallest absolute Gasteiger partial charge is 0.275 e. The molecule has 0 aliphatic heterocycles. The number of carbonyl (C=O) groups is 1. The van der Waals surface area contributed by atoms with E-state index >= 15 is 0 Å². The third kappa shape index (κ3) is 2.54. The van der Waals surface area contributed by atoms with Crippen molar-refractivity contribution in [3.63, 3.8) is 0 Å².